The Kier molecular flexibility index (Phi) is 17.0. The monoisotopic (exact) mass is 673 g/mol. The fraction of sp³-hybridized carbons (Fsp3) is 0.766. The van der Waals surface area contributed by atoms with E-state index in [9.17, 15) is 4.79 Å². The number of allylic oxidation sites excluding steroid dienone is 9. The van der Waals surface area contributed by atoms with Crippen LogP contribution in [-0.2, 0) is 9.53 Å². The smallest absolute Gasteiger partial charge is 0.310 e. The maximum absolute atomic E-state index is 12.3. The number of carbonyl (C=O) groups excluding carboxylic acids is 1. The molecule has 8 atom stereocenters. The van der Waals surface area contributed by atoms with Gasteiger partial charge in [0, 0.05) is 6.42 Å². The fourth-order valence-corrected chi connectivity index (χ4v) is 11.4. The molecule has 0 aromatic rings. The van der Waals surface area contributed by atoms with Crippen molar-refractivity contribution in [2.75, 3.05) is 0 Å². The highest BCUT2D eigenvalue weighted by molar-refractivity contribution is 5.70. The molecule has 4 aliphatic rings. The number of hydrogen-bond donors (Lipinski definition) is 0. The highest BCUT2D eigenvalue weighted by atomic mass is 16.5. The molecule has 0 bridgehead atoms. The zero-order valence-corrected chi connectivity index (χ0v) is 32.7. The molecule has 276 valence electrons. The summed E-state index contributed by atoms with van der Waals surface area (Å²) in [6, 6.07) is 0. The number of ether oxygens (including phenoxy) is 1. The first-order chi connectivity index (χ1) is 23.8. The lowest BCUT2D eigenvalue weighted by molar-refractivity contribution is -0.138. The van der Waals surface area contributed by atoms with E-state index in [0.717, 1.165) is 74.0 Å². The standard InChI is InChI=1S/C47H76O2/c1-6-7-8-9-10-11-12-13-14-15-16-17-18-19-20-21-22-29-45(48)49-37-38(2)26-25-27-39(3)42-32-33-43-41-31-30-40-28-23-24-35-46(40,4)44(41)34-36-47(42,43)5/h10-11,13-14,16-17,19-20,37,39-44H,6-9,12,15,18,21-36H2,1-5H3/b11-10-,14-13-,17-16-,20-19-,38-37?/t39-,40?,41+,42-,43+,44+,46+,47-/m1/s1. The largest absolute Gasteiger partial charge is 0.435 e. The quantitative estimate of drug-likeness (QED) is 0.0557. The van der Waals surface area contributed by atoms with Gasteiger partial charge in [-0.3, -0.25) is 4.79 Å². The van der Waals surface area contributed by atoms with Crippen LogP contribution in [0.15, 0.2) is 60.4 Å². The average molecular weight is 673 g/mol. The summed E-state index contributed by atoms with van der Waals surface area (Å²) in [5.41, 5.74) is 2.42. The molecule has 0 amide bonds. The first kappa shape index (κ1) is 39.9. The molecule has 0 spiro atoms. The molecular formula is C47H76O2. The minimum Gasteiger partial charge on any atom is -0.435 e. The molecule has 2 nitrogen and oxygen atoms in total. The van der Waals surface area contributed by atoms with Crippen LogP contribution in [0.4, 0.5) is 0 Å². The van der Waals surface area contributed by atoms with Gasteiger partial charge in [0.15, 0.2) is 0 Å². The van der Waals surface area contributed by atoms with Gasteiger partial charge < -0.3 is 4.74 Å². The summed E-state index contributed by atoms with van der Waals surface area (Å²) in [6.07, 6.45) is 48.6. The molecule has 49 heavy (non-hydrogen) atoms. The minimum absolute atomic E-state index is 0.0970. The topological polar surface area (TPSA) is 26.3 Å². The number of carbonyl (C=O) groups is 1. The SMILES string of the molecule is CCCCC/C=C\C/C=C\C/C=C\C/C=C\CCCC(=O)OC=C(C)CCC[C@@H](C)[C@H]1CC[C@H]2[C@@H]3CCC4CCCC[C@]4(C)[C@H]3CC[C@]12C. The molecule has 1 unspecified atom stereocenters. The minimum atomic E-state index is -0.0970. The lowest BCUT2D eigenvalue weighted by atomic mass is 9.44. The van der Waals surface area contributed by atoms with Crippen LogP contribution in [0.3, 0.4) is 0 Å². The third kappa shape index (κ3) is 11.6. The molecule has 0 saturated heterocycles. The molecule has 0 N–H and O–H groups in total. The Morgan fingerprint density at radius 1 is 0.714 bits per heavy atom. The van der Waals surface area contributed by atoms with Gasteiger partial charge in [0.25, 0.3) is 0 Å². The van der Waals surface area contributed by atoms with Crippen molar-refractivity contribution in [2.24, 2.45) is 46.3 Å². The van der Waals surface area contributed by atoms with E-state index in [-0.39, 0.29) is 5.97 Å². The van der Waals surface area contributed by atoms with Crippen LogP contribution in [-0.4, -0.2) is 5.97 Å². The van der Waals surface area contributed by atoms with Gasteiger partial charge in [-0.15, -0.1) is 0 Å². The lowest BCUT2D eigenvalue weighted by Gasteiger charge is -2.61. The molecule has 0 aliphatic heterocycles. The zero-order chi connectivity index (χ0) is 35.0. The summed E-state index contributed by atoms with van der Waals surface area (Å²) in [7, 11) is 0. The molecule has 0 aromatic carbocycles. The van der Waals surface area contributed by atoms with Crippen molar-refractivity contribution in [2.45, 2.75) is 182 Å². The molecule has 4 saturated carbocycles. The Labute approximate surface area is 303 Å². The Balaban J connectivity index is 1.04. The van der Waals surface area contributed by atoms with Gasteiger partial charge in [-0.25, -0.2) is 0 Å². The zero-order valence-electron chi connectivity index (χ0n) is 32.7. The van der Waals surface area contributed by atoms with Crippen LogP contribution >= 0.6 is 0 Å². The van der Waals surface area contributed by atoms with Crippen LogP contribution in [0, 0.1) is 46.3 Å². The third-order valence-electron chi connectivity index (χ3n) is 14.2. The van der Waals surface area contributed by atoms with Crippen LogP contribution in [0.25, 0.3) is 0 Å². The molecule has 0 radical (unpaired) electrons. The van der Waals surface area contributed by atoms with E-state index in [0.29, 0.717) is 17.3 Å². The highest BCUT2D eigenvalue weighted by Gasteiger charge is 2.60. The summed E-state index contributed by atoms with van der Waals surface area (Å²) in [6.45, 7) is 12.4. The predicted molar refractivity (Wildman–Crippen MR) is 211 cm³/mol. The number of fused-ring (bicyclic) bond motifs is 5. The Morgan fingerprint density at radius 3 is 2.10 bits per heavy atom. The van der Waals surface area contributed by atoms with E-state index < -0.39 is 0 Å². The van der Waals surface area contributed by atoms with E-state index >= 15 is 0 Å². The predicted octanol–water partition coefficient (Wildman–Crippen LogP) is 14.4. The second-order valence-electron chi connectivity index (χ2n) is 17.4. The van der Waals surface area contributed by atoms with E-state index in [4.69, 9.17) is 4.74 Å². The average Bonchev–Trinajstić information content (AvgIpc) is 3.45. The first-order valence-electron chi connectivity index (χ1n) is 21.2. The summed E-state index contributed by atoms with van der Waals surface area (Å²) in [5, 5.41) is 0. The van der Waals surface area contributed by atoms with Gasteiger partial charge in [0.05, 0.1) is 6.26 Å². The molecule has 0 aromatic heterocycles. The summed E-state index contributed by atoms with van der Waals surface area (Å²) in [4.78, 5) is 12.3. The van der Waals surface area contributed by atoms with Crippen LogP contribution in [0.5, 0.6) is 0 Å². The fourth-order valence-electron chi connectivity index (χ4n) is 11.4. The van der Waals surface area contributed by atoms with E-state index in [1.165, 1.54) is 108 Å². The Bertz CT molecular complexity index is 1120. The van der Waals surface area contributed by atoms with E-state index in [1.807, 2.05) is 0 Å². The van der Waals surface area contributed by atoms with Gasteiger partial charge in [0.1, 0.15) is 0 Å². The molecule has 4 rings (SSSR count). The van der Waals surface area contributed by atoms with Crippen molar-refractivity contribution in [3.63, 3.8) is 0 Å². The van der Waals surface area contributed by atoms with Crippen molar-refractivity contribution in [3.8, 4) is 0 Å². The second kappa shape index (κ2) is 20.9. The number of hydrogen-bond acceptors (Lipinski definition) is 2. The lowest BCUT2D eigenvalue weighted by Crippen LogP contribution is -2.53. The maximum atomic E-state index is 12.3. The van der Waals surface area contributed by atoms with Crippen molar-refractivity contribution in [3.05, 3.63) is 60.4 Å². The van der Waals surface area contributed by atoms with Gasteiger partial charge in [-0.05, 0) is 168 Å². The summed E-state index contributed by atoms with van der Waals surface area (Å²) in [5.74, 6) is 5.59. The Morgan fingerprint density at radius 2 is 1.39 bits per heavy atom. The van der Waals surface area contributed by atoms with Crippen molar-refractivity contribution < 1.29 is 9.53 Å². The van der Waals surface area contributed by atoms with Crippen molar-refractivity contribution >= 4 is 5.97 Å². The third-order valence-corrected chi connectivity index (χ3v) is 14.2. The molecule has 4 aliphatic carbocycles. The van der Waals surface area contributed by atoms with Crippen LogP contribution < -0.4 is 0 Å². The van der Waals surface area contributed by atoms with Crippen molar-refractivity contribution in [1.29, 1.82) is 0 Å². The molecule has 2 heteroatoms. The molecule has 0 heterocycles. The van der Waals surface area contributed by atoms with Gasteiger partial charge >= 0.3 is 5.97 Å². The molecular weight excluding hydrogens is 597 g/mol. The maximum Gasteiger partial charge on any atom is 0.310 e. The van der Waals surface area contributed by atoms with Crippen LogP contribution in [0.2, 0.25) is 0 Å². The second-order valence-corrected chi connectivity index (χ2v) is 17.4. The number of unbranched alkanes of at least 4 members (excludes halogenated alkanes) is 4. The van der Waals surface area contributed by atoms with Gasteiger partial charge in [-0.2, -0.15) is 0 Å². The van der Waals surface area contributed by atoms with Gasteiger partial charge in [0.2, 0.25) is 0 Å². The van der Waals surface area contributed by atoms with E-state index in [1.54, 1.807) is 6.26 Å². The summed E-state index contributed by atoms with van der Waals surface area (Å²) >= 11 is 0. The summed E-state index contributed by atoms with van der Waals surface area (Å²) < 4.78 is 5.53. The number of esters is 1. The Hall–Kier alpha value is -1.83. The highest BCUT2D eigenvalue weighted by Crippen LogP contribution is 2.68. The van der Waals surface area contributed by atoms with E-state index in [2.05, 4.69) is 83.2 Å². The number of rotatable bonds is 20. The van der Waals surface area contributed by atoms with Gasteiger partial charge in [-0.1, -0.05) is 108 Å². The normalized spacial score (nSPS) is 32.6. The van der Waals surface area contributed by atoms with Crippen molar-refractivity contribution in [1.82, 2.24) is 0 Å². The first-order valence-corrected chi connectivity index (χ1v) is 21.2. The molecule has 4 fully saturated rings. The van der Waals surface area contributed by atoms with Crippen LogP contribution in [0.1, 0.15) is 182 Å².